The van der Waals surface area contributed by atoms with Crippen molar-refractivity contribution < 1.29 is 9.13 Å². The predicted molar refractivity (Wildman–Crippen MR) is 62.7 cm³/mol. The molecule has 0 spiro atoms. The molecular weight excluding hydrogens is 273 g/mol. The van der Waals surface area contributed by atoms with E-state index >= 15 is 0 Å². The molecule has 16 heavy (non-hydrogen) atoms. The molecule has 1 aromatic carbocycles. The quantitative estimate of drug-likeness (QED) is 0.803. The summed E-state index contributed by atoms with van der Waals surface area (Å²) >= 11 is 3.37. The lowest BCUT2D eigenvalue weighted by atomic mass is 10.2. The highest BCUT2D eigenvalue weighted by Crippen LogP contribution is 2.14. The third-order valence-electron chi connectivity index (χ3n) is 1.97. The van der Waals surface area contributed by atoms with E-state index in [1.54, 1.807) is 12.1 Å². The number of aromatic nitrogens is 1. The number of benzene rings is 1. The molecule has 0 saturated heterocycles. The summed E-state index contributed by atoms with van der Waals surface area (Å²) in [6, 6.07) is 12.2. The molecule has 0 aliphatic carbocycles. The van der Waals surface area contributed by atoms with Crippen LogP contribution in [0.15, 0.2) is 46.9 Å². The van der Waals surface area contributed by atoms with Gasteiger partial charge in [0.15, 0.2) is 0 Å². The molecule has 0 atom stereocenters. The summed E-state index contributed by atoms with van der Waals surface area (Å²) in [5, 5.41) is 0. The number of pyridine rings is 1. The number of hydrogen-bond donors (Lipinski definition) is 0. The molecule has 0 radical (unpaired) electrons. The van der Waals surface area contributed by atoms with Crippen LogP contribution in [0, 0.1) is 5.95 Å². The van der Waals surface area contributed by atoms with E-state index in [4.69, 9.17) is 4.74 Å². The topological polar surface area (TPSA) is 22.1 Å². The molecule has 0 aliphatic heterocycles. The van der Waals surface area contributed by atoms with Gasteiger partial charge >= 0.3 is 0 Å². The van der Waals surface area contributed by atoms with Gasteiger partial charge in [-0.2, -0.15) is 9.37 Å². The molecule has 0 bridgehead atoms. The molecule has 4 heteroatoms. The van der Waals surface area contributed by atoms with Gasteiger partial charge in [0.05, 0.1) is 0 Å². The molecule has 0 N–H and O–H groups in total. The highest BCUT2D eigenvalue weighted by atomic mass is 79.9. The molecule has 0 aliphatic rings. The minimum Gasteiger partial charge on any atom is -0.473 e. The second-order valence-corrected chi connectivity index (χ2v) is 4.13. The Kier molecular flexibility index (Phi) is 3.51. The lowest BCUT2D eigenvalue weighted by Crippen LogP contribution is -1.97. The van der Waals surface area contributed by atoms with E-state index in [2.05, 4.69) is 20.9 Å². The van der Waals surface area contributed by atoms with Crippen molar-refractivity contribution in [2.45, 2.75) is 6.61 Å². The van der Waals surface area contributed by atoms with Gasteiger partial charge < -0.3 is 4.74 Å². The minimum atomic E-state index is -0.535. The number of halogens is 2. The van der Waals surface area contributed by atoms with Crippen LogP contribution in [-0.4, -0.2) is 4.98 Å². The Hall–Kier alpha value is -1.42. The van der Waals surface area contributed by atoms with Crippen LogP contribution in [0.1, 0.15) is 5.56 Å². The Morgan fingerprint density at radius 3 is 2.75 bits per heavy atom. The Bertz CT molecular complexity index is 444. The van der Waals surface area contributed by atoms with Crippen molar-refractivity contribution in [3.63, 3.8) is 0 Å². The summed E-state index contributed by atoms with van der Waals surface area (Å²) in [6.45, 7) is 0.371. The van der Waals surface area contributed by atoms with Crippen molar-refractivity contribution in [3.05, 3.63) is 58.4 Å². The Balaban J connectivity index is 2.02. The summed E-state index contributed by atoms with van der Waals surface area (Å²) in [6.07, 6.45) is 0. The van der Waals surface area contributed by atoms with Gasteiger partial charge in [-0.05, 0) is 23.8 Å². The fraction of sp³-hybridized carbons (Fsp3) is 0.0833. The van der Waals surface area contributed by atoms with Crippen LogP contribution < -0.4 is 4.74 Å². The van der Waals surface area contributed by atoms with Gasteiger partial charge in [-0.25, -0.2) is 0 Å². The van der Waals surface area contributed by atoms with Crippen molar-refractivity contribution in [1.82, 2.24) is 4.98 Å². The molecule has 1 aromatic heterocycles. The normalized spacial score (nSPS) is 10.1. The first-order chi connectivity index (χ1) is 7.74. The maximum atomic E-state index is 12.8. The zero-order valence-electron chi connectivity index (χ0n) is 8.36. The zero-order chi connectivity index (χ0) is 11.4. The standard InChI is InChI=1S/C12H9BrFNO/c13-10-4-1-3-9(7-10)8-16-12-6-2-5-11(14)15-12/h1-7H,8H2. The lowest BCUT2D eigenvalue weighted by molar-refractivity contribution is 0.289. The first kappa shape index (κ1) is 11.1. The third-order valence-corrected chi connectivity index (χ3v) is 2.46. The number of ether oxygens (including phenoxy) is 1. The summed E-state index contributed by atoms with van der Waals surface area (Å²) in [5.41, 5.74) is 1.00. The lowest BCUT2D eigenvalue weighted by Gasteiger charge is -2.05. The van der Waals surface area contributed by atoms with Crippen LogP contribution in [0.2, 0.25) is 0 Å². The number of hydrogen-bond acceptors (Lipinski definition) is 2. The van der Waals surface area contributed by atoms with E-state index in [0.717, 1.165) is 10.0 Å². The third kappa shape index (κ3) is 3.03. The van der Waals surface area contributed by atoms with Crippen molar-refractivity contribution in [2.75, 3.05) is 0 Å². The van der Waals surface area contributed by atoms with E-state index in [1.165, 1.54) is 6.07 Å². The van der Waals surface area contributed by atoms with Gasteiger partial charge in [0.2, 0.25) is 11.8 Å². The fourth-order valence-corrected chi connectivity index (χ4v) is 1.70. The van der Waals surface area contributed by atoms with E-state index in [1.807, 2.05) is 24.3 Å². The predicted octanol–water partition coefficient (Wildman–Crippen LogP) is 3.56. The molecule has 2 nitrogen and oxygen atoms in total. The monoisotopic (exact) mass is 281 g/mol. The number of nitrogens with zero attached hydrogens (tertiary/aromatic N) is 1. The molecule has 1 heterocycles. The van der Waals surface area contributed by atoms with Crippen LogP contribution in [0.3, 0.4) is 0 Å². The zero-order valence-corrected chi connectivity index (χ0v) is 9.95. The van der Waals surface area contributed by atoms with Crippen molar-refractivity contribution in [1.29, 1.82) is 0 Å². The van der Waals surface area contributed by atoms with E-state index in [0.29, 0.717) is 12.5 Å². The molecule has 0 amide bonds. The van der Waals surface area contributed by atoms with E-state index in [-0.39, 0.29) is 0 Å². The van der Waals surface area contributed by atoms with Crippen molar-refractivity contribution in [3.8, 4) is 5.88 Å². The summed E-state index contributed by atoms with van der Waals surface area (Å²) < 4.78 is 19.1. The maximum Gasteiger partial charge on any atom is 0.216 e. The van der Waals surface area contributed by atoms with Gasteiger partial charge in [0.25, 0.3) is 0 Å². The van der Waals surface area contributed by atoms with Crippen LogP contribution in [-0.2, 0) is 6.61 Å². The molecule has 0 unspecified atom stereocenters. The van der Waals surface area contributed by atoms with E-state index in [9.17, 15) is 4.39 Å². The largest absolute Gasteiger partial charge is 0.473 e. The highest BCUT2D eigenvalue weighted by molar-refractivity contribution is 9.10. The molecule has 0 fully saturated rings. The Morgan fingerprint density at radius 1 is 1.19 bits per heavy atom. The maximum absolute atomic E-state index is 12.8. The summed E-state index contributed by atoms with van der Waals surface area (Å²) in [4.78, 5) is 3.61. The van der Waals surface area contributed by atoms with Crippen LogP contribution >= 0.6 is 15.9 Å². The molecule has 0 saturated carbocycles. The smallest absolute Gasteiger partial charge is 0.216 e. The SMILES string of the molecule is Fc1cccc(OCc2cccc(Br)c2)n1. The van der Waals surface area contributed by atoms with Crippen LogP contribution in [0.4, 0.5) is 4.39 Å². The summed E-state index contributed by atoms with van der Waals surface area (Å²) in [5.74, 6) is -0.244. The second-order valence-electron chi connectivity index (χ2n) is 3.22. The van der Waals surface area contributed by atoms with Gasteiger partial charge in [-0.3, -0.25) is 0 Å². The highest BCUT2D eigenvalue weighted by Gasteiger charge is 1.99. The molecule has 2 aromatic rings. The van der Waals surface area contributed by atoms with Gasteiger partial charge in [-0.1, -0.05) is 34.1 Å². The fourth-order valence-electron chi connectivity index (χ4n) is 1.25. The van der Waals surface area contributed by atoms with Gasteiger partial charge in [-0.15, -0.1) is 0 Å². The molecule has 2 rings (SSSR count). The second kappa shape index (κ2) is 5.07. The Morgan fingerprint density at radius 2 is 2.00 bits per heavy atom. The van der Waals surface area contributed by atoms with Crippen LogP contribution in [0.5, 0.6) is 5.88 Å². The van der Waals surface area contributed by atoms with Crippen molar-refractivity contribution >= 4 is 15.9 Å². The number of rotatable bonds is 3. The average molecular weight is 282 g/mol. The summed E-state index contributed by atoms with van der Waals surface area (Å²) in [7, 11) is 0. The molecular formula is C12H9BrFNO. The van der Waals surface area contributed by atoms with Gasteiger partial charge in [0, 0.05) is 10.5 Å². The van der Waals surface area contributed by atoms with Crippen LogP contribution in [0.25, 0.3) is 0 Å². The first-order valence-electron chi connectivity index (χ1n) is 4.74. The molecule has 82 valence electrons. The average Bonchev–Trinajstić information content (AvgIpc) is 2.27. The van der Waals surface area contributed by atoms with Gasteiger partial charge in [0.1, 0.15) is 6.61 Å². The minimum absolute atomic E-state index is 0.292. The first-order valence-corrected chi connectivity index (χ1v) is 5.53. The Labute approximate surface area is 101 Å². The van der Waals surface area contributed by atoms with E-state index < -0.39 is 5.95 Å². The van der Waals surface area contributed by atoms with Crippen molar-refractivity contribution in [2.24, 2.45) is 0 Å².